The molecule has 2 aromatic rings. The smallest absolute Gasteiger partial charge is 0.248 e. The van der Waals surface area contributed by atoms with Gasteiger partial charge in [-0.3, -0.25) is 4.79 Å². The van der Waals surface area contributed by atoms with Crippen LogP contribution in [0.3, 0.4) is 0 Å². The Hall–Kier alpha value is -1.73. The van der Waals surface area contributed by atoms with Gasteiger partial charge in [-0.25, -0.2) is 9.97 Å². The highest BCUT2D eigenvalue weighted by atomic mass is 32.1. The van der Waals surface area contributed by atoms with Crippen LogP contribution < -0.4 is 4.90 Å². The molecule has 0 N–H and O–H groups in total. The Morgan fingerprint density at radius 3 is 2.75 bits per heavy atom. The second kappa shape index (κ2) is 8.33. The fourth-order valence-corrected chi connectivity index (χ4v) is 5.71. The van der Waals surface area contributed by atoms with Gasteiger partial charge in [-0.15, -0.1) is 11.3 Å². The first-order valence-electron chi connectivity index (χ1n) is 10.4. The van der Waals surface area contributed by atoms with E-state index >= 15 is 0 Å². The predicted molar refractivity (Wildman–Crippen MR) is 113 cm³/mol. The standard InChI is InChI=1S/C21H30N4O2S/c1-4-5-17-22-20(25-10-8-24(9-11-25)18(26)13-27-3)19-15-7-6-14(2)12-16(15)28-21(19)23-17/h14H,4-13H2,1-3H3. The predicted octanol–water partition coefficient (Wildman–Crippen LogP) is 3.06. The average molecular weight is 403 g/mol. The van der Waals surface area contributed by atoms with Crippen molar-refractivity contribution in [2.75, 3.05) is 44.8 Å². The van der Waals surface area contributed by atoms with E-state index in [4.69, 9.17) is 14.7 Å². The molecule has 1 aliphatic heterocycles. The Bertz CT molecular complexity index is 858. The molecule has 2 aliphatic rings. The second-order valence-corrected chi connectivity index (χ2v) is 9.13. The van der Waals surface area contributed by atoms with E-state index in [-0.39, 0.29) is 12.5 Å². The topological polar surface area (TPSA) is 58.6 Å². The van der Waals surface area contributed by atoms with Gasteiger partial charge < -0.3 is 14.5 Å². The van der Waals surface area contributed by atoms with E-state index in [1.807, 2.05) is 16.2 Å². The van der Waals surface area contributed by atoms with Crippen molar-refractivity contribution in [1.82, 2.24) is 14.9 Å². The SMILES string of the molecule is CCCc1nc(N2CCN(C(=O)COC)CC2)c2c3c(sc2n1)CC(C)CC3. The Labute approximate surface area is 170 Å². The van der Waals surface area contributed by atoms with Crippen molar-refractivity contribution in [2.24, 2.45) is 5.92 Å². The van der Waals surface area contributed by atoms with Crippen LogP contribution in [-0.4, -0.2) is 60.7 Å². The summed E-state index contributed by atoms with van der Waals surface area (Å²) in [5.41, 5.74) is 1.48. The van der Waals surface area contributed by atoms with Crippen molar-refractivity contribution in [3.63, 3.8) is 0 Å². The van der Waals surface area contributed by atoms with Crippen molar-refractivity contribution in [3.05, 3.63) is 16.3 Å². The van der Waals surface area contributed by atoms with E-state index in [0.29, 0.717) is 0 Å². The Morgan fingerprint density at radius 2 is 2.04 bits per heavy atom. The Kier molecular flexibility index (Phi) is 5.83. The molecule has 28 heavy (non-hydrogen) atoms. The molecular weight excluding hydrogens is 372 g/mol. The highest BCUT2D eigenvalue weighted by Crippen LogP contribution is 2.41. The molecule has 152 valence electrons. The third-order valence-electron chi connectivity index (χ3n) is 5.86. The van der Waals surface area contributed by atoms with Crippen LogP contribution in [0.4, 0.5) is 5.82 Å². The molecule has 0 spiro atoms. The number of anilines is 1. The molecule has 3 heterocycles. The number of methoxy groups -OCH3 is 1. The summed E-state index contributed by atoms with van der Waals surface area (Å²) in [4.78, 5) is 29.0. The molecule has 6 nitrogen and oxygen atoms in total. The maximum atomic E-state index is 12.1. The molecule has 1 unspecified atom stereocenters. The highest BCUT2D eigenvalue weighted by molar-refractivity contribution is 7.19. The summed E-state index contributed by atoms with van der Waals surface area (Å²) in [5, 5.41) is 1.28. The molecule has 1 amide bonds. The van der Waals surface area contributed by atoms with Crippen LogP contribution in [0.5, 0.6) is 0 Å². The molecular formula is C21H30N4O2S. The number of thiophene rings is 1. The maximum Gasteiger partial charge on any atom is 0.248 e. The zero-order chi connectivity index (χ0) is 19.7. The van der Waals surface area contributed by atoms with Gasteiger partial charge in [0.2, 0.25) is 5.91 Å². The van der Waals surface area contributed by atoms with Gasteiger partial charge in [0.1, 0.15) is 23.1 Å². The van der Waals surface area contributed by atoms with Crippen LogP contribution in [-0.2, 0) is 28.8 Å². The molecule has 1 saturated heterocycles. The van der Waals surface area contributed by atoms with Gasteiger partial charge in [0.25, 0.3) is 0 Å². The van der Waals surface area contributed by atoms with Gasteiger partial charge >= 0.3 is 0 Å². The van der Waals surface area contributed by atoms with Gasteiger partial charge in [-0.1, -0.05) is 13.8 Å². The maximum absolute atomic E-state index is 12.1. The Morgan fingerprint density at radius 1 is 1.25 bits per heavy atom. The molecule has 0 saturated carbocycles. The number of carbonyl (C=O) groups excluding carboxylic acids is 1. The molecule has 0 radical (unpaired) electrons. The number of amides is 1. The van der Waals surface area contributed by atoms with E-state index in [1.54, 1.807) is 7.11 Å². The second-order valence-electron chi connectivity index (χ2n) is 8.05. The van der Waals surface area contributed by atoms with Crippen molar-refractivity contribution in [1.29, 1.82) is 0 Å². The molecule has 1 atom stereocenters. The minimum absolute atomic E-state index is 0.0727. The lowest BCUT2D eigenvalue weighted by Crippen LogP contribution is -2.50. The van der Waals surface area contributed by atoms with Gasteiger partial charge in [0, 0.05) is 44.6 Å². The molecule has 0 bridgehead atoms. The monoisotopic (exact) mass is 402 g/mol. The van der Waals surface area contributed by atoms with Crippen LogP contribution >= 0.6 is 11.3 Å². The van der Waals surface area contributed by atoms with E-state index in [0.717, 1.165) is 74.3 Å². The van der Waals surface area contributed by atoms with Gasteiger partial charge in [0.05, 0.1) is 5.39 Å². The van der Waals surface area contributed by atoms with Crippen molar-refractivity contribution < 1.29 is 9.53 Å². The van der Waals surface area contributed by atoms with Gasteiger partial charge in [-0.2, -0.15) is 0 Å². The average Bonchev–Trinajstić information content (AvgIpc) is 3.05. The highest BCUT2D eigenvalue weighted by Gasteiger charge is 2.28. The number of aromatic nitrogens is 2. The molecule has 1 aliphatic carbocycles. The first-order chi connectivity index (χ1) is 13.6. The molecule has 1 fully saturated rings. The minimum Gasteiger partial charge on any atom is -0.375 e. The summed E-state index contributed by atoms with van der Waals surface area (Å²) in [6.07, 6.45) is 5.50. The number of carbonyl (C=O) groups is 1. The lowest BCUT2D eigenvalue weighted by Gasteiger charge is -2.36. The molecule has 0 aromatic carbocycles. The number of hydrogen-bond acceptors (Lipinski definition) is 6. The lowest BCUT2D eigenvalue weighted by molar-refractivity contribution is -0.135. The van der Waals surface area contributed by atoms with Crippen molar-refractivity contribution in [3.8, 4) is 0 Å². The molecule has 7 heteroatoms. The van der Waals surface area contributed by atoms with Gasteiger partial charge in [-0.05, 0) is 37.2 Å². The Balaban J connectivity index is 1.67. The zero-order valence-electron chi connectivity index (χ0n) is 17.2. The van der Waals surface area contributed by atoms with Crippen molar-refractivity contribution in [2.45, 2.75) is 46.0 Å². The van der Waals surface area contributed by atoms with Crippen LogP contribution in [0.15, 0.2) is 0 Å². The summed E-state index contributed by atoms with van der Waals surface area (Å²) < 4.78 is 5.01. The summed E-state index contributed by atoms with van der Waals surface area (Å²) >= 11 is 1.87. The summed E-state index contributed by atoms with van der Waals surface area (Å²) in [5.74, 6) is 2.87. The number of rotatable bonds is 5. The number of nitrogens with zero attached hydrogens (tertiary/aromatic N) is 4. The largest absolute Gasteiger partial charge is 0.375 e. The minimum atomic E-state index is 0.0727. The number of ether oxygens (including phenoxy) is 1. The zero-order valence-corrected chi connectivity index (χ0v) is 18.0. The summed E-state index contributed by atoms with van der Waals surface area (Å²) in [7, 11) is 1.57. The van der Waals surface area contributed by atoms with Crippen molar-refractivity contribution >= 4 is 33.3 Å². The van der Waals surface area contributed by atoms with Crippen LogP contribution in [0.25, 0.3) is 10.2 Å². The van der Waals surface area contributed by atoms with Crippen LogP contribution in [0.2, 0.25) is 0 Å². The van der Waals surface area contributed by atoms with E-state index in [9.17, 15) is 4.79 Å². The third-order valence-corrected chi connectivity index (χ3v) is 7.00. The van der Waals surface area contributed by atoms with Crippen LogP contribution in [0, 0.1) is 5.92 Å². The number of fused-ring (bicyclic) bond motifs is 3. The van der Waals surface area contributed by atoms with E-state index in [1.165, 1.54) is 22.2 Å². The quantitative estimate of drug-likeness (QED) is 0.769. The first-order valence-corrected chi connectivity index (χ1v) is 11.2. The fraction of sp³-hybridized carbons (Fsp3) is 0.667. The number of aryl methyl sites for hydroxylation is 2. The normalized spacial score (nSPS) is 19.9. The van der Waals surface area contributed by atoms with Crippen LogP contribution in [0.1, 0.15) is 43.0 Å². The lowest BCUT2D eigenvalue weighted by atomic mass is 9.89. The van der Waals surface area contributed by atoms with E-state index in [2.05, 4.69) is 18.7 Å². The first kappa shape index (κ1) is 19.6. The van der Waals surface area contributed by atoms with E-state index < -0.39 is 0 Å². The third kappa shape index (κ3) is 3.74. The molecule has 2 aromatic heterocycles. The number of piperazine rings is 1. The molecule has 4 rings (SSSR count). The fourth-order valence-electron chi connectivity index (χ4n) is 4.31. The summed E-state index contributed by atoms with van der Waals surface area (Å²) in [6.45, 7) is 7.75. The summed E-state index contributed by atoms with van der Waals surface area (Å²) in [6, 6.07) is 0. The number of hydrogen-bond donors (Lipinski definition) is 0. The van der Waals surface area contributed by atoms with Gasteiger partial charge in [0.15, 0.2) is 0 Å².